The first kappa shape index (κ1) is 16.3. The van der Waals surface area contributed by atoms with E-state index in [-0.39, 0.29) is 11.0 Å². The number of thioether (sulfide) groups is 1. The molecule has 2 rings (SSSR count). The molecule has 2 heterocycles. The number of rotatable bonds is 5. The number of nitrogens with zero attached hydrogens (tertiary/aromatic N) is 1. The van der Waals surface area contributed by atoms with Gasteiger partial charge in [0.05, 0.1) is 11.2 Å². The van der Waals surface area contributed by atoms with Gasteiger partial charge in [0.15, 0.2) is 0 Å². The highest BCUT2D eigenvalue weighted by atomic mass is 32.2. The summed E-state index contributed by atoms with van der Waals surface area (Å²) in [6.07, 6.45) is 2.43. The zero-order chi connectivity index (χ0) is 14.8. The highest BCUT2D eigenvalue weighted by Crippen LogP contribution is 2.49. The highest BCUT2D eigenvalue weighted by molar-refractivity contribution is 7.99. The summed E-state index contributed by atoms with van der Waals surface area (Å²) >= 11 is 3.92. The third-order valence-electron chi connectivity index (χ3n) is 4.50. The minimum absolute atomic E-state index is 0.0454. The molecule has 0 spiro atoms. The molecule has 0 radical (unpaired) electrons. The number of hydrogen-bond acceptors (Lipinski definition) is 4. The SMILES string of the molecule is CCCNC1(c2nc(C(C)C)cs2)CSCCC1(C)C. The fourth-order valence-corrected chi connectivity index (χ4v) is 5.93. The molecule has 114 valence electrons. The number of thiazole rings is 1. The zero-order valence-electron chi connectivity index (χ0n) is 13.5. The van der Waals surface area contributed by atoms with Gasteiger partial charge in [0, 0.05) is 11.1 Å². The van der Waals surface area contributed by atoms with Gasteiger partial charge in [-0.15, -0.1) is 11.3 Å². The molecule has 0 bridgehead atoms. The van der Waals surface area contributed by atoms with E-state index in [9.17, 15) is 0 Å². The van der Waals surface area contributed by atoms with E-state index in [4.69, 9.17) is 4.98 Å². The maximum Gasteiger partial charge on any atom is 0.114 e. The lowest BCUT2D eigenvalue weighted by Crippen LogP contribution is -2.57. The van der Waals surface area contributed by atoms with Crippen molar-refractivity contribution in [1.29, 1.82) is 0 Å². The van der Waals surface area contributed by atoms with Gasteiger partial charge < -0.3 is 5.32 Å². The summed E-state index contributed by atoms with van der Waals surface area (Å²) in [7, 11) is 0. The largest absolute Gasteiger partial charge is 0.304 e. The second kappa shape index (κ2) is 6.37. The zero-order valence-corrected chi connectivity index (χ0v) is 15.1. The molecule has 1 aliphatic heterocycles. The normalized spacial score (nSPS) is 26.1. The lowest BCUT2D eigenvalue weighted by Gasteiger charge is -2.49. The predicted octanol–water partition coefficient (Wildman–Crippen LogP) is 4.62. The van der Waals surface area contributed by atoms with Crippen molar-refractivity contribution in [2.75, 3.05) is 18.1 Å². The number of hydrogen-bond donors (Lipinski definition) is 1. The number of aromatic nitrogens is 1. The van der Waals surface area contributed by atoms with E-state index in [0.717, 1.165) is 12.3 Å². The van der Waals surface area contributed by atoms with Gasteiger partial charge in [0.1, 0.15) is 5.01 Å². The van der Waals surface area contributed by atoms with Crippen LogP contribution in [0.3, 0.4) is 0 Å². The summed E-state index contributed by atoms with van der Waals surface area (Å²) in [5.41, 5.74) is 1.55. The van der Waals surface area contributed by atoms with Crippen molar-refractivity contribution in [1.82, 2.24) is 10.3 Å². The first-order valence-electron chi connectivity index (χ1n) is 7.71. The Morgan fingerprint density at radius 2 is 2.15 bits per heavy atom. The minimum Gasteiger partial charge on any atom is -0.304 e. The first-order valence-corrected chi connectivity index (χ1v) is 9.75. The molecule has 1 N–H and O–H groups in total. The molecule has 20 heavy (non-hydrogen) atoms. The van der Waals surface area contributed by atoms with Crippen molar-refractivity contribution in [3.63, 3.8) is 0 Å². The Balaban J connectivity index is 2.39. The van der Waals surface area contributed by atoms with Crippen LogP contribution in [0, 0.1) is 5.41 Å². The van der Waals surface area contributed by atoms with E-state index in [2.05, 4.69) is 57.1 Å². The molecule has 0 aromatic carbocycles. The smallest absolute Gasteiger partial charge is 0.114 e. The van der Waals surface area contributed by atoms with Crippen LogP contribution in [0.5, 0.6) is 0 Å². The molecule has 1 atom stereocenters. The Hall–Kier alpha value is -0.0600. The van der Waals surface area contributed by atoms with E-state index in [0.29, 0.717) is 5.92 Å². The minimum atomic E-state index is 0.0454. The van der Waals surface area contributed by atoms with E-state index >= 15 is 0 Å². The monoisotopic (exact) mass is 312 g/mol. The average Bonchev–Trinajstić information content (AvgIpc) is 2.87. The maximum atomic E-state index is 5.00. The Morgan fingerprint density at radius 1 is 1.40 bits per heavy atom. The summed E-state index contributed by atoms with van der Waals surface area (Å²) in [5, 5.41) is 7.42. The Labute approximate surface area is 132 Å². The third-order valence-corrected chi connectivity index (χ3v) is 6.65. The van der Waals surface area contributed by atoms with Crippen LogP contribution in [0.25, 0.3) is 0 Å². The molecule has 1 saturated heterocycles. The fourth-order valence-electron chi connectivity index (χ4n) is 2.76. The van der Waals surface area contributed by atoms with Crippen LogP contribution in [0.15, 0.2) is 5.38 Å². The average molecular weight is 313 g/mol. The van der Waals surface area contributed by atoms with Gasteiger partial charge in [0.25, 0.3) is 0 Å². The number of nitrogens with one attached hydrogen (secondary N) is 1. The molecule has 0 amide bonds. The van der Waals surface area contributed by atoms with Crippen molar-refractivity contribution in [2.24, 2.45) is 5.41 Å². The van der Waals surface area contributed by atoms with Gasteiger partial charge in [-0.3, -0.25) is 0 Å². The molecule has 0 aliphatic carbocycles. The molecule has 1 unspecified atom stereocenters. The van der Waals surface area contributed by atoms with Crippen molar-refractivity contribution in [3.8, 4) is 0 Å². The second-order valence-corrected chi connectivity index (χ2v) is 8.71. The highest BCUT2D eigenvalue weighted by Gasteiger charge is 2.49. The molecular weight excluding hydrogens is 284 g/mol. The van der Waals surface area contributed by atoms with Crippen molar-refractivity contribution >= 4 is 23.1 Å². The molecule has 1 fully saturated rings. The van der Waals surface area contributed by atoms with Crippen LogP contribution in [-0.4, -0.2) is 23.0 Å². The topological polar surface area (TPSA) is 24.9 Å². The lowest BCUT2D eigenvalue weighted by atomic mass is 9.71. The van der Waals surface area contributed by atoms with Gasteiger partial charge >= 0.3 is 0 Å². The van der Waals surface area contributed by atoms with Gasteiger partial charge in [-0.05, 0) is 36.5 Å². The van der Waals surface area contributed by atoms with Crippen LogP contribution in [0.2, 0.25) is 0 Å². The Bertz CT molecular complexity index is 439. The van der Waals surface area contributed by atoms with Crippen LogP contribution in [-0.2, 0) is 5.54 Å². The first-order chi connectivity index (χ1) is 9.43. The van der Waals surface area contributed by atoms with Crippen LogP contribution >= 0.6 is 23.1 Å². The second-order valence-electron chi connectivity index (χ2n) is 6.75. The van der Waals surface area contributed by atoms with Gasteiger partial charge in [-0.25, -0.2) is 4.98 Å². The van der Waals surface area contributed by atoms with Gasteiger partial charge in [-0.2, -0.15) is 11.8 Å². The Morgan fingerprint density at radius 3 is 2.70 bits per heavy atom. The van der Waals surface area contributed by atoms with Gasteiger partial charge in [0.2, 0.25) is 0 Å². The molecule has 2 nitrogen and oxygen atoms in total. The van der Waals surface area contributed by atoms with Crippen LogP contribution in [0.4, 0.5) is 0 Å². The molecule has 0 saturated carbocycles. The predicted molar refractivity (Wildman–Crippen MR) is 91.9 cm³/mol. The molecular formula is C16H28N2S2. The molecule has 1 aromatic heterocycles. The Kier molecular flexibility index (Phi) is 5.19. The standard InChI is InChI=1S/C16H28N2S2/c1-6-8-17-16(11-19-9-7-15(16,4)5)14-18-13(10-20-14)12(2)3/h10,12,17H,6-9,11H2,1-5H3. The summed E-state index contributed by atoms with van der Waals surface area (Å²) in [5.74, 6) is 2.93. The van der Waals surface area contributed by atoms with E-state index in [1.807, 2.05) is 11.3 Å². The van der Waals surface area contributed by atoms with Crippen LogP contribution in [0.1, 0.15) is 64.1 Å². The summed E-state index contributed by atoms with van der Waals surface area (Å²) < 4.78 is 0. The van der Waals surface area contributed by atoms with Crippen molar-refractivity contribution in [2.45, 2.75) is 58.9 Å². The quantitative estimate of drug-likeness (QED) is 0.858. The fraction of sp³-hybridized carbons (Fsp3) is 0.812. The molecule has 1 aliphatic rings. The summed E-state index contributed by atoms with van der Waals surface area (Å²) in [4.78, 5) is 5.00. The van der Waals surface area contributed by atoms with Crippen LogP contribution < -0.4 is 5.32 Å². The molecule has 4 heteroatoms. The van der Waals surface area contributed by atoms with Crippen molar-refractivity contribution in [3.05, 3.63) is 16.1 Å². The van der Waals surface area contributed by atoms with E-state index < -0.39 is 0 Å². The van der Waals surface area contributed by atoms with E-state index in [1.165, 1.54) is 29.3 Å². The third kappa shape index (κ3) is 2.93. The summed E-state index contributed by atoms with van der Waals surface area (Å²) in [6.45, 7) is 12.6. The maximum absolute atomic E-state index is 5.00. The summed E-state index contributed by atoms with van der Waals surface area (Å²) in [6, 6.07) is 0. The molecule has 1 aromatic rings. The van der Waals surface area contributed by atoms with Crippen molar-refractivity contribution < 1.29 is 0 Å². The van der Waals surface area contributed by atoms with Gasteiger partial charge in [-0.1, -0.05) is 34.6 Å². The van der Waals surface area contributed by atoms with E-state index in [1.54, 1.807) is 0 Å². The lowest BCUT2D eigenvalue weighted by molar-refractivity contribution is 0.129.